The van der Waals surface area contributed by atoms with Gasteiger partial charge in [0, 0.05) is 55.7 Å². The molecule has 1 atom stereocenters. The van der Waals surface area contributed by atoms with E-state index in [1.807, 2.05) is 40.9 Å². The Morgan fingerprint density at radius 3 is 3.09 bits per heavy atom. The molecule has 0 spiro atoms. The molecule has 2 amide bonds. The summed E-state index contributed by atoms with van der Waals surface area (Å²) in [6, 6.07) is 8.17. The SMILES string of the molecule is O=C(CC1CSCCN1)NCc1cccc(N2CCCC2=O)c1. The van der Waals surface area contributed by atoms with Crippen LogP contribution in [-0.2, 0) is 16.1 Å². The highest BCUT2D eigenvalue weighted by Gasteiger charge is 2.21. The van der Waals surface area contributed by atoms with E-state index >= 15 is 0 Å². The monoisotopic (exact) mass is 333 g/mol. The van der Waals surface area contributed by atoms with Gasteiger partial charge in [-0.3, -0.25) is 9.59 Å². The van der Waals surface area contributed by atoms with E-state index in [0.29, 0.717) is 19.4 Å². The largest absolute Gasteiger partial charge is 0.352 e. The highest BCUT2D eigenvalue weighted by molar-refractivity contribution is 7.99. The summed E-state index contributed by atoms with van der Waals surface area (Å²) in [4.78, 5) is 25.7. The van der Waals surface area contributed by atoms with Crippen LogP contribution in [0.4, 0.5) is 5.69 Å². The summed E-state index contributed by atoms with van der Waals surface area (Å²) in [5, 5.41) is 6.36. The quantitative estimate of drug-likeness (QED) is 0.858. The van der Waals surface area contributed by atoms with Crippen LogP contribution in [-0.4, -0.2) is 42.5 Å². The zero-order valence-corrected chi connectivity index (χ0v) is 14.0. The number of thioether (sulfide) groups is 1. The molecule has 1 unspecified atom stereocenters. The van der Waals surface area contributed by atoms with Crippen molar-refractivity contribution >= 4 is 29.3 Å². The Hall–Kier alpha value is -1.53. The Kier molecular flexibility index (Phi) is 5.56. The number of rotatable bonds is 5. The molecule has 6 heteroatoms. The lowest BCUT2D eigenvalue weighted by Gasteiger charge is -2.22. The summed E-state index contributed by atoms with van der Waals surface area (Å²) >= 11 is 1.90. The fourth-order valence-electron chi connectivity index (χ4n) is 3.00. The second-order valence-electron chi connectivity index (χ2n) is 6.03. The van der Waals surface area contributed by atoms with Crippen molar-refractivity contribution in [3.05, 3.63) is 29.8 Å². The molecule has 2 N–H and O–H groups in total. The van der Waals surface area contributed by atoms with Crippen LogP contribution < -0.4 is 15.5 Å². The minimum Gasteiger partial charge on any atom is -0.352 e. The lowest BCUT2D eigenvalue weighted by molar-refractivity contribution is -0.121. The van der Waals surface area contributed by atoms with E-state index in [9.17, 15) is 9.59 Å². The normalized spacial score (nSPS) is 21.5. The molecule has 2 aliphatic rings. The molecule has 124 valence electrons. The minimum absolute atomic E-state index is 0.0765. The number of nitrogens with one attached hydrogen (secondary N) is 2. The molecule has 2 saturated heterocycles. The third kappa shape index (κ3) is 4.48. The van der Waals surface area contributed by atoms with Gasteiger partial charge in [-0.05, 0) is 24.1 Å². The third-order valence-electron chi connectivity index (χ3n) is 4.22. The average molecular weight is 333 g/mol. The fraction of sp³-hybridized carbons (Fsp3) is 0.529. The number of anilines is 1. The van der Waals surface area contributed by atoms with E-state index in [4.69, 9.17) is 0 Å². The van der Waals surface area contributed by atoms with Gasteiger partial charge in [0.15, 0.2) is 0 Å². The van der Waals surface area contributed by atoms with Crippen molar-refractivity contribution in [3.63, 3.8) is 0 Å². The summed E-state index contributed by atoms with van der Waals surface area (Å²) in [6.45, 7) is 2.28. The lowest BCUT2D eigenvalue weighted by atomic mass is 10.1. The Balaban J connectivity index is 1.51. The Morgan fingerprint density at radius 1 is 1.43 bits per heavy atom. The first kappa shape index (κ1) is 16.3. The summed E-state index contributed by atoms with van der Waals surface area (Å²) < 4.78 is 0. The van der Waals surface area contributed by atoms with Gasteiger partial charge in [0.2, 0.25) is 11.8 Å². The van der Waals surface area contributed by atoms with E-state index in [0.717, 1.165) is 42.3 Å². The number of nitrogens with zero attached hydrogens (tertiary/aromatic N) is 1. The first-order chi connectivity index (χ1) is 11.2. The van der Waals surface area contributed by atoms with Gasteiger partial charge in [-0.1, -0.05) is 12.1 Å². The van der Waals surface area contributed by atoms with Crippen LogP contribution in [0.1, 0.15) is 24.8 Å². The fourth-order valence-corrected chi connectivity index (χ4v) is 3.95. The van der Waals surface area contributed by atoms with E-state index in [1.54, 1.807) is 0 Å². The third-order valence-corrected chi connectivity index (χ3v) is 5.35. The van der Waals surface area contributed by atoms with Crippen molar-refractivity contribution in [3.8, 4) is 0 Å². The van der Waals surface area contributed by atoms with Crippen LogP contribution in [0.3, 0.4) is 0 Å². The van der Waals surface area contributed by atoms with Crippen molar-refractivity contribution in [2.24, 2.45) is 0 Å². The molecule has 0 radical (unpaired) electrons. The van der Waals surface area contributed by atoms with Gasteiger partial charge in [0.25, 0.3) is 0 Å². The Labute approximate surface area is 141 Å². The van der Waals surface area contributed by atoms with Crippen LogP contribution in [0.5, 0.6) is 0 Å². The Bertz CT molecular complexity index is 573. The maximum atomic E-state index is 12.1. The predicted octanol–water partition coefficient (Wildman–Crippen LogP) is 1.52. The summed E-state index contributed by atoms with van der Waals surface area (Å²) in [6.07, 6.45) is 2.08. The van der Waals surface area contributed by atoms with Gasteiger partial charge in [-0.2, -0.15) is 11.8 Å². The first-order valence-corrected chi connectivity index (χ1v) is 9.35. The number of benzene rings is 1. The molecule has 1 aromatic carbocycles. The van der Waals surface area contributed by atoms with Crippen LogP contribution in [0.15, 0.2) is 24.3 Å². The molecule has 2 fully saturated rings. The van der Waals surface area contributed by atoms with Gasteiger partial charge in [-0.15, -0.1) is 0 Å². The second-order valence-corrected chi connectivity index (χ2v) is 7.18. The van der Waals surface area contributed by atoms with Gasteiger partial charge in [0.1, 0.15) is 0 Å². The average Bonchev–Trinajstić information content (AvgIpc) is 3.00. The number of hydrogen-bond acceptors (Lipinski definition) is 4. The maximum Gasteiger partial charge on any atom is 0.227 e. The molecule has 3 rings (SSSR count). The highest BCUT2D eigenvalue weighted by Crippen LogP contribution is 2.22. The van der Waals surface area contributed by atoms with Crippen molar-refractivity contribution in [2.75, 3.05) is 29.5 Å². The molecule has 0 bridgehead atoms. The molecule has 2 aliphatic heterocycles. The molecular weight excluding hydrogens is 310 g/mol. The minimum atomic E-state index is 0.0765. The van der Waals surface area contributed by atoms with Crippen LogP contribution in [0, 0.1) is 0 Å². The van der Waals surface area contributed by atoms with E-state index < -0.39 is 0 Å². The number of carbonyl (C=O) groups is 2. The lowest BCUT2D eigenvalue weighted by Crippen LogP contribution is -2.41. The molecule has 23 heavy (non-hydrogen) atoms. The van der Waals surface area contributed by atoms with Crippen molar-refractivity contribution in [2.45, 2.75) is 31.8 Å². The smallest absolute Gasteiger partial charge is 0.227 e. The predicted molar refractivity (Wildman–Crippen MR) is 93.6 cm³/mol. The number of amides is 2. The molecule has 1 aromatic rings. The van der Waals surface area contributed by atoms with E-state index in [1.165, 1.54) is 0 Å². The number of carbonyl (C=O) groups excluding carboxylic acids is 2. The van der Waals surface area contributed by atoms with Crippen LogP contribution in [0.25, 0.3) is 0 Å². The zero-order chi connectivity index (χ0) is 16.1. The summed E-state index contributed by atoms with van der Waals surface area (Å²) in [5.74, 6) is 2.39. The van der Waals surface area contributed by atoms with Crippen LogP contribution in [0.2, 0.25) is 0 Å². The second kappa shape index (κ2) is 7.84. The molecule has 0 aromatic heterocycles. The van der Waals surface area contributed by atoms with Crippen molar-refractivity contribution < 1.29 is 9.59 Å². The summed E-state index contributed by atoms with van der Waals surface area (Å²) in [7, 11) is 0. The van der Waals surface area contributed by atoms with E-state index in [-0.39, 0.29) is 17.9 Å². The van der Waals surface area contributed by atoms with E-state index in [2.05, 4.69) is 10.6 Å². The van der Waals surface area contributed by atoms with Gasteiger partial charge >= 0.3 is 0 Å². The zero-order valence-electron chi connectivity index (χ0n) is 13.2. The van der Waals surface area contributed by atoms with Gasteiger partial charge < -0.3 is 15.5 Å². The first-order valence-electron chi connectivity index (χ1n) is 8.19. The molecule has 2 heterocycles. The maximum absolute atomic E-state index is 12.1. The standard InChI is InChI=1S/C17H23N3O2S/c21-16(10-14-12-23-8-6-18-14)19-11-13-3-1-4-15(9-13)20-7-2-5-17(20)22/h1,3-4,9,14,18H,2,5-8,10-12H2,(H,19,21). The molecule has 0 saturated carbocycles. The van der Waals surface area contributed by atoms with Gasteiger partial charge in [-0.25, -0.2) is 0 Å². The van der Waals surface area contributed by atoms with Crippen molar-refractivity contribution in [1.29, 1.82) is 0 Å². The molecule has 0 aliphatic carbocycles. The highest BCUT2D eigenvalue weighted by atomic mass is 32.2. The Morgan fingerprint density at radius 2 is 2.35 bits per heavy atom. The van der Waals surface area contributed by atoms with Crippen LogP contribution >= 0.6 is 11.8 Å². The topological polar surface area (TPSA) is 61.4 Å². The summed E-state index contributed by atoms with van der Waals surface area (Å²) in [5.41, 5.74) is 1.96. The van der Waals surface area contributed by atoms with Crippen molar-refractivity contribution in [1.82, 2.24) is 10.6 Å². The molecular formula is C17H23N3O2S. The van der Waals surface area contributed by atoms with Gasteiger partial charge in [0.05, 0.1) is 0 Å². The number of hydrogen-bond donors (Lipinski definition) is 2. The molecule has 5 nitrogen and oxygen atoms in total.